The lowest BCUT2D eigenvalue weighted by molar-refractivity contribution is -0.0179. The van der Waals surface area contributed by atoms with Crippen LogP contribution in [0.2, 0.25) is 0 Å². The predicted octanol–water partition coefficient (Wildman–Crippen LogP) is -0.941. The molecule has 24 heavy (non-hydrogen) atoms. The van der Waals surface area contributed by atoms with Gasteiger partial charge in [-0.1, -0.05) is 6.92 Å². The molecular weight excluding hydrogens is 332 g/mol. The number of hydrogen-bond acceptors (Lipinski definition) is 6. The summed E-state index contributed by atoms with van der Waals surface area (Å²) in [5.74, 6) is 0.723. The highest BCUT2D eigenvalue weighted by atomic mass is 32.2. The zero-order chi connectivity index (χ0) is 18.1. The maximum absolute atomic E-state index is 11.5. The van der Waals surface area contributed by atoms with Gasteiger partial charge in [0, 0.05) is 38.5 Å². The standard InChI is InChI=1S/C15H32N4O4S/c1-4-16-14(17-6-11-24(21,22)5-2)18-12-15(3,20)13-19-7-9-23-10-8-19/h20H,4-13H2,1-3H3,(H2,16,17,18). The summed E-state index contributed by atoms with van der Waals surface area (Å²) in [6.45, 7) is 10.1. The number of β-amino-alcohol motifs (C(OH)–C–C–N with tert-alkyl or cyclic N) is 1. The minimum Gasteiger partial charge on any atom is -0.387 e. The van der Waals surface area contributed by atoms with Gasteiger partial charge in [-0.15, -0.1) is 0 Å². The number of nitrogens with one attached hydrogen (secondary N) is 2. The molecule has 0 bridgehead atoms. The molecule has 0 radical (unpaired) electrons. The van der Waals surface area contributed by atoms with Crippen LogP contribution in [-0.4, -0.2) is 94.0 Å². The van der Waals surface area contributed by atoms with E-state index in [-0.39, 0.29) is 18.1 Å². The Bertz CT molecular complexity index is 488. The van der Waals surface area contributed by atoms with Crippen molar-refractivity contribution < 1.29 is 18.3 Å². The summed E-state index contributed by atoms with van der Waals surface area (Å²) in [5.41, 5.74) is -0.949. The molecule has 0 amide bonds. The number of hydrogen-bond donors (Lipinski definition) is 3. The first-order valence-corrected chi connectivity index (χ1v) is 10.3. The van der Waals surface area contributed by atoms with Crippen LogP contribution < -0.4 is 10.6 Å². The zero-order valence-electron chi connectivity index (χ0n) is 15.0. The fourth-order valence-corrected chi connectivity index (χ4v) is 3.05. The highest BCUT2D eigenvalue weighted by Gasteiger charge is 2.25. The van der Waals surface area contributed by atoms with E-state index in [2.05, 4.69) is 20.5 Å². The molecule has 1 unspecified atom stereocenters. The van der Waals surface area contributed by atoms with E-state index < -0.39 is 15.4 Å². The molecule has 9 heteroatoms. The smallest absolute Gasteiger partial charge is 0.191 e. The molecule has 1 fully saturated rings. The van der Waals surface area contributed by atoms with E-state index in [1.54, 1.807) is 13.8 Å². The Balaban J connectivity index is 2.50. The van der Waals surface area contributed by atoms with Crippen molar-refractivity contribution in [1.82, 2.24) is 15.5 Å². The van der Waals surface area contributed by atoms with E-state index in [9.17, 15) is 13.5 Å². The summed E-state index contributed by atoms with van der Waals surface area (Å²) >= 11 is 0. The highest BCUT2D eigenvalue weighted by molar-refractivity contribution is 7.91. The van der Waals surface area contributed by atoms with Gasteiger partial charge in [0.15, 0.2) is 15.8 Å². The largest absolute Gasteiger partial charge is 0.387 e. The Labute approximate surface area is 145 Å². The molecule has 0 aromatic rings. The first-order valence-electron chi connectivity index (χ1n) is 8.53. The molecule has 1 rings (SSSR count). The molecule has 1 aliphatic rings. The number of guanidine groups is 1. The number of aliphatic hydroxyl groups is 1. The summed E-state index contributed by atoms with van der Waals surface area (Å²) in [7, 11) is -3.01. The highest BCUT2D eigenvalue weighted by Crippen LogP contribution is 2.09. The summed E-state index contributed by atoms with van der Waals surface area (Å²) < 4.78 is 28.3. The maximum atomic E-state index is 11.5. The van der Waals surface area contributed by atoms with Gasteiger partial charge in [-0.25, -0.2) is 8.42 Å². The fourth-order valence-electron chi connectivity index (χ4n) is 2.35. The normalized spacial score (nSPS) is 19.8. The lowest BCUT2D eigenvalue weighted by Crippen LogP contribution is -2.48. The van der Waals surface area contributed by atoms with Gasteiger partial charge in [0.2, 0.25) is 0 Å². The number of aliphatic imine (C=N–C) groups is 1. The van der Waals surface area contributed by atoms with Crippen molar-refractivity contribution in [1.29, 1.82) is 0 Å². The van der Waals surface area contributed by atoms with Gasteiger partial charge in [-0.2, -0.15) is 0 Å². The summed E-state index contributed by atoms with van der Waals surface area (Å²) in [6.07, 6.45) is 0. The summed E-state index contributed by atoms with van der Waals surface area (Å²) in [4.78, 5) is 6.55. The van der Waals surface area contributed by atoms with Crippen LogP contribution in [0.15, 0.2) is 4.99 Å². The first kappa shape index (κ1) is 21.1. The molecule has 0 saturated carbocycles. The third-order valence-corrected chi connectivity index (χ3v) is 5.44. The lowest BCUT2D eigenvalue weighted by Gasteiger charge is -2.33. The minimum atomic E-state index is -3.01. The van der Waals surface area contributed by atoms with Crippen LogP contribution >= 0.6 is 0 Å². The molecule has 8 nitrogen and oxygen atoms in total. The van der Waals surface area contributed by atoms with Crippen LogP contribution in [0.5, 0.6) is 0 Å². The van der Waals surface area contributed by atoms with Gasteiger partial charge in [-0.3, -0.25) is 9.89 Å². The molecule has 0 spiro atoms. The zero-order valence-corrected chi connectivity index (χ0v) is 15.9. The first-order chi connectivity index (χ1) is 11.3. The molecule has 1 aliphatic heterocycles. The Morgan fingerprint density at radius 2 is 1.96 bits per heavy atom. The van der Waals surface area contributed by atoms with Crippen LogP contribution in [-0.2, 0) is 14.6 Å². The minimum absolute atomic E-state index is 0.0675. The van der Waals surface area contributed by atoms with Crippen LogP contribution in [0, 0.1) is 0 Å². The molecule has 0 aliphatic carbocycles. The van der Waals surface area contributed by atoms with Crippen molar-refractivity contribution in [3.05, 3.63) is 0 Å². The molecule has 1 atom stereocenters. The molecule has 1 heterocycles. The van der Waals surface area contributed by atoms with E-state index in [1.807, 2.05) is 6.92 Å². The second kappa shape index (κ2) is 10.2. The topological polar surface area (TPSA) is 103 Å². The van der Waals surface area contributed by atoms with Gasteiger partial charge in [-0.05, 0) is 13.8 Å². The van der Waals surface area contributed by atoms with Crippen LogP contribution in [0.4, 0.5) is 0 Å². The third kappa shape index (κ3) is 8.81. The van der Waals surface area contributed by atoms with Crippen molar-refractivity contribution in [3.8, 4) is 0 Å². The number of ether oxygens (including phenoxy) is 1. The van der Waals surface area contributed by atoms with Gasteiger partial charge < -0.3 is 20.5 Å². The summed E-state index contributed by atoms with van der Waals surface area (Å²) in [5, 5.41) is 16.6. The molecular formula is C15H32N4O4S. The van der Waals surface area contributed by atoms with Crippen LogP contribution in [0.25, 0.3) is 0 Å². The van der Waals surface area contributed by atoms with Crippen molar-refractivity contribution in [2.45, 2.75) is 26.4 Å². The predicted molar refractivity (Wildman–Crippen MR) is 96.2 cm³/mol. The van der Waals surface area contributed by atoms with Crippen molar-refractivity contribution in [2.75, 3.05) is 64.0 Å². The maximum Gasteiger partial charge on any atom is 0.191 e. The molecule has 0 aromatic heterocycles. The Morgan fingerprint density at radius 3 is 2.54 bits per heavy atom. The monoisotopic (exact) mass is 364 g/mol. The number of morpholine rings is 1. The van der Waals surface area contributed by atoms with E-state index in [4.69, 9.17) is 4.74 Å². The quantitative estimate of drug-likeness (QED) is 0.358. The van der Waals surface area contributed by atoms with Crippen molar-refractivity contribution in [2.24, 2.45) is 4.99 Å². The fraction of sp³-hybridized carbons (Fsp3) is 0.933. The second-order valence-electron chi connectivity index (χ2n) is 6.24. The van der Waals surface area contributed by atoms with E-state index in [0.717, 1.165) is 13.1 Å². The third-order valence-electron chi connectivity index (χ3n) is 3.74. The van der Waals surface area contributed by atoms with Crippen molar-refractivity contribution >= 4 is 15.8 Å². The van der Waals surface area contributed by atoms with Gasteiger partial charge in [0.05, 0.1) is 31.1 Å². The molecule has 142 valence electrons. The lowest BCUT2D eigenvalue weighted by atomic mass is 10.1. The van der Waals surface area contributed by atoms with Gasteiger partial charge >= 0.3 is 0 Å². The van der Waals surface area contributed by atoms with E-state index >= 15 is 0 Å². The molecule has 3 N–H and O–H groups in total. The van der Waals surface area contributed by atoms with Crippen molar-refractivity contribution in [3.63, 3.8) is 0 Å². The van der Waals surface area contributed by atoms with Crippen LogP contribution in [0.3, 0.4) is 0 Å². The molecule has 0 aromatic carbocycles. The summed E-state index contributed by atoms with van der Waals surface area (Å²) in [6, 6.07) is 0. The average molecular weight is 365 g/mol. The average Bonchev–Trinajstić information content (AvgIpc) is 2.53. The van der Waals surface area contributed by atoms with E-state index in [1.165, 1.54) is 0 Å². The van der Waals surface area contributed by atoms with Gasteiger partial charge in [0.1, 0.15) is 0 Å². The number of sulfone groups is 1. The Morgan fingerprint density at radius 1 is 1.29 bits per heavy atom. The van der Waals surface area contributed by atoms with Gasteiger partial charge in [0.25, 0.3) is 0 Å². The number of nitrogens with zero attached hydrogens (tertiary/aromatic N) is 2. The SMILES string of the molecule is CCNC(=NCC(C)(O)CN1CCOCC1)NCCS(=O)(=O)CC. The Kier molecular flexibility index (Phi) is 8.96. The number of rotatable bonds is 9. The van der Waals surface area contributed by atoms with E-state index in [0.29, 0.717) is 38.8 Å². The molecule has 1 saturated heterocycles. The second-order valence-corrected chi connectivity index (χ2v) is 8.72. The Hall–Kier alpha value is -0.900. The van der Waals surface area contributed by atoms with Crippen LogP contribution in [0.1, 0.15) is 20.8 Å².